The Bertz CT molecular complexity index is 557. The number of hydrogen-bond donors (Lipinski definition) is 0. The van der Waals surface area contributed by atoms with Crippen LogP contribution in [0.1, 0.15) is 58.6 Å². The molecule has 0 fully saturated rings. The first-order valence-electron chi connectivity index (χ1n) is 7.76. The molecule has 0 aromatic heterocycles. The number of anilines is 1. The molecule has 2 rings (SSSR count). The van der Waals surface area contributed by atoms with Crippen LogP contribution in [0.5, 0.6) is 0 Å². The molecule has 22 heavy (non-hydrogen) atoms. The third kappa shape index (κ3) is 4.41. The number of halogens is 2. The van der Waals surface area contributed by atoms with Gasteiger partial charge in [-0.3, -0.25) is 4.31 Å². The van der Waals surface area contributed by atoms with Gasteiger partial charge in [0.1, 0.15) is 0 Å². The normalized spacial score (nSPS) is 13.3. The quantitative estimate of drug-likeness (QED) is 0.797. The van der Waals surface area contributed by atoms with E-state index in [1.54, 1.807) is 6.07 Å². The summed E-state index contributed by atoms with van der Waals surface area (Å²) in [6.07, 6.45) is 0.486. The van der Waals surface area contributed by atoms with Crippen LogP contribution in [0.2, 0.25) is 0 Å². The van der Waals surface area contributed by atoms with Gasteiger partial charge in [0.15, 0.2) is 0 Å². The predicted octanol–water partition coefficient (Wildman–Crippen LogP) is 4.78. The number of fused-ring (bicyclic) bond motifs is 1. The van der Waals surface area contributed by atoms with Gasteiger partial charge in [-0.05, 0) is 29.5 Å². The summed E-state index contributed by atoms with van der Waals surface area (Å²) in [5.41, 5.74) is 2.16. The summed E-state index contributed by atoms with van der Waals surface area (Å²) in [5, 5.41) is 0. The first-order valence-corrected chi connectivity index (χ1v) is 9.27. The minimum atomic E-state index is -4.53. The Labute approximate surface area is 133 Å². The third-order valence-electron chi connectivity index (χ3n) is 3.16. The van der Waals surface area contributed by atoms with E-state index in [2.05, 4.69) is 0 Å². The van der Waals surface area contributed by atoms with Crippen LogP contribution in [0.4, 0.5) is 14.5 Å². The summed E-state index contributed by atoms with van der Waals surface area (Å²) in [5.74, 6) is -3.14. The van der Waals surface area contributed by atoms with E-state index >= 15 is 0 Å². The minimum Gasteiger partial charge on any atom is -0.265 e. The molecule has 1 aromatic carbocycles. The van der Waals surface area contributed by atoms with E-state index in [9.17, 15) is 17.2 Å². The smallest absolute Gasteiger partial charge is 0.265 e. The molecule has 1 heterocycles. The molecule has 0 spiro atoms. The molecule has 0 saturated heterocycles. The van der Waals surface area contributed by atoms with Crippen molar-refractivity contribution in [2.24, 2.45) is 0 Å². The van der Waals surface area contributed by atoms with Crippen molar-refractivity contribution in [2.45, 2.75) is 59.6 Å². The highest BCUT2D eigenvalue weighted by atomic mass is 32.2. The second-order valence-electron chi connectivity index (χ2n) is 4.67. The lowest BCUT2D eigenvalue weighted by molar-refractivity contribution is 0.234. The number of alkyl halides is 2. The van der Waals surface area contributed by atoms with Gasteiger partial charge in [-0.25, -0.2) is 8.42 Å². The van der Waals surface area contributed by atoms with Crippen LogP contribution in [0, 0.1) is 0 Å². The topological polar surface area (TPSA) is 37.4 Å². The Morgan fingerprint density at radius 2 is 1.64 bits per heavy atom. The van der Waals surface area contributed by atoms with E-state index in [4.69, 9.17) is 0 Å². The molecular weight excluding hydrogens is 308 g/mol. The molecule has 3 nitrogen and oxygen atoms in total. The molecular formula is C16H27F2NO2S. The second kappa shape index (κ2) is 9.08. The Morgan fingerprint density at radius 3 is 2.09 bits per heavy atom. The molecule has 0 saturated carbocycles. The number of benzene rings is 1. The number of hydrogen-bond acceptors (Lipinski definition) is 2. The van der Waals surface area contributed by atoms with E-state index in [1.165, 1.54) is 0 Å². The Hall–Kier alpha value is -1.17. The average molecular weight is 335 g/mol. The van der Waals surface area contributed by atoms with E-state index in [1.807, 2.05) is 53.7 Å². The summed E-state index contributed by atoms with van der Waals surface area (Å²) in [6.45, 7) is 12.1. The van der Waals surface area contributed by atoms with Crippen LogP contribution < -0.4 is 4.31 Å². The summed E-state index contributed by atoms with van der Waals surface area (Å²) in [7, 11) is -4.53. The SMILES string of the molecule is CC.CC.CC(C)c1ccc2c(c1)N(S(=O)(=O)C(F)F)CC2. The first kappa shape index (κ1) is 20.8. The maximum Gasteiger partial charge on any atom is 0.355 e. The van der Waals surface area contributed by atoms with Gasteiger partial charge in [0.25, 0.3) is 10.0 Å². The van der Waals surface area contributed by atoms with Gasteiger partial charge in [0, 0.05) is 6.54 Å². The molecule has 0 unspecified atom stereocenters. The van der Waals surface area contributed by atoms with Gasteiger partial charge >= 0.3 is 5.76 Å². The van der Waals surface area contributed by atoms with Gasteiger partial charge < -0.3 is 0 Å². The fourth-order valence-corrected chi connectivity index (χ4v) is 3.07. The van der Waals surface area contributed by atoms with Crippen LogP contribution >= 0.6 is 0 Å². The van der Waals surface area contributed by atoms with E-state index < -0.39 is 15.8 Å². The third-order valence-corrected chi connectivity index (χ3v) is 4.61. The fraction of sp³-hybridized carbons (Fsp3) is 0.625. The molecule has 0 N–H and O–H groups in total. The van der Waals surface area contributed by atoms with Gasteiger partial charge in [-0.2, -0.15) is 8.78 Å². The molecule has 128 valence electrons. The first-order chi connectivity index (χ1) is 10.3. The summed E-state index contributed by atoms with van der Waals surface area (Å²) in [6, 6.07) is 5.45. The molecule has 1 aliphatic rings. The summed E-state index contributed by atoms with van der Waals surface area (Å²) >= 11 is 0. The maximum atomic E-state index is 12.6. The maximum absolute atomic E-state index is 12.6. The van der Waals surface area contributed by atoms with Crippen molar-refractivity contribution in [3.8, 4) is 0 Å². The zero-order valence-electron chi connectivity index (χ0n) is 14.2. The highest BCUT2D eigenvalue weighted by molar-refractivity contribution is 7.93. The molecule has 6 heteroatoms. The van der Waals surface area contributed by atoms with Gasteiger partial charge in [0.05, 0.1) is 5.69 Å². The van der Waals surface area contributed by atoms with Gasteiger partial charge in [-0.1, -0.05) is 53.7 Å². The van der Waals surface area contributed by atoms with Gasteiger partial charge in [0.2, 0.25) is 0 Å². The van der Waals surface area contributed by atoms with Crippen molar-refractivity contribution < 1.29 is 17.2 Å². The van der Waals surface area contributed by atoms with Gasteiger partial charge in [-0.15, -0.1) is 0 Å². The Balaban J connectivity index is 0.00000102. The summed E-state index contributed by atoms with van der Waals surface area (Å²) in [4.78, 5) is 0. The van der Waals surface area contributed by atoms with Crippen molar-refractivity contribution in [1.82, 2.24) is 0 Å². The van der Waals surface area contributed by atoms with Crippen LogP contribution in [-0.2, 0) is 16.4 Å². The highest BCUT2D eigenvalue weighted by Gasteiger charge is 2.36. The standard InChI is InChI=1S/C12H15F2NO2S.2C2H6/c1-8(2)10-4-3-9-5-6-15(11(9)7-10)18(16,17)12(13)14;2*1-2/h3-4,7-8,12H,5-6H2,1-2H3;2*1-2H3. The van der Waals surface area contributed by atoms with Crippen LogP contribution in [0.25, 0.3) is 0 Å². The lowest BCUT2D eigenvalue weighted by Crippen LogP contribution is -2.33. The Morgan fingerprint density at radius 1 is 1.09 bits per heavy atom. The van der Waals surface area contributed by atoms with Crippen molar-refractivity contribution in [3.63, 3.8) is 0 Å². The largest absolute Gasteiger partial charge is 0.355 e. The number of sulfonamides is 1. The van der Waals surface area contributed by atoms with Crippen LogP contribution in [0.15, 0.2) is 18.2 Å². The molecule has 0 atom stereocenters. The Kier molecular flexibility index (Phi) is 8.60. The monoisotopic (exact) mass is 335 g/mol. The van der Waals surface area contributed by atoms with Crippen LogP contribution in [-0.4, -0.2) is 20.7 Å². The molecule has 0 aliphatic carbocycles. The van der Waals surface area contributed by atoms with E-state index in [0.717, 1.165) is 15.4 Å². The highest BCUT2D eigenvalue weighted by Crippen LogP contribution is 2.34. The lowest BCUT2D eigenvalue weighted by atomic mass is 10.0. The molecule has 0 bridgehead atoms. The summed E-state index contributed by atoms with van der Waals surface area (Å²) < 4.78 is 49.1. The number of nitrogens with zero attached hydrogens (tertiary/aromatic N) is 1. The van der Waals surface area contributed by atoms with Crippen molar-refractivity contribution in [1.29, 1.82) is 0 Å². The predicted molar refractivity (Wildman–Crippen MR) is 89.2 cm³/mol. The van der Waals surface area contributed by atoms with Crippen LogP contribution in [0.3, 0.4) is 0 Å². The number of rotatable bonds is 3. The molecule has 0 amide bonds. The lowest BCUT2D eigenvalue weighted by Gasteiger charge is -2.19. The molecule has 1 aromatic rings. The second-order valence-corrected chi connectivity index (χ2v) is 6.50. The van der Waals surface area contributed by atoms with E-state index in [-0.39, 0.29) is 12.5 Å². The average Bonchev–Trinajstić information content (AvgIpc) is 2.94. The molecule has 0 radical (unpaired) electrons. The van der Waals surface area contributed by atoms with E-state index in [0.29, 0.717) is 12.1 Å². The van der Waals surface area contributed by atoms with Crippen molar-refractivity contribution in [2.75, 3.05) is 10.8 Å². The molecule has 1 aliphatic heterocycles. The van der Waals surface area contributed by atoms with Crippen molar-refractivity contribution in [3.05, 3.63) is 29.3 Å². The minimum absolute atomic E-state index is 0.101. The van der Waals surface area contributed by atoms with Crippen molar-refractivity contribution >= 4 is 15.7 Å². The fourth-order valence-electron chi connectivity index (χ4n) is 2.09. The zero-order valence-corrected chi connectivity index (χ0v) is 15.0. The zero-order chi connectivity index (χ0) is 17.5.